The Morgan fingerprint density at radius 3 is 2.80 bits per heavy atom. The first-order valence-electron chi connectivity index (χ1n) is 6.14. The number of thioether (sulfide) groups is 1. The lowest BCUT2D eigenvalue weighted by Gasteiger charge is -2.34. The summed E-state index contributed by atoms with van der Waals surface area (Å²) >= 11 is 4.92. The molecule has 4 nitrogen and oxygen atoms in total. The van der Waals surface area contributed by atoms with Crippen molar-refractivity contribution in [3.05, 3.63) is 33.8 Å². The van der Waals surface area contributed by atoms with E-state index in [1.54, 1.807) is 17.8 Å². The second-order valence-electron chi connectivity index (χ2n) is 4.82. The topological polar surface area (TPSA) is 54.5 Å². The highest BCUT2D eigenvalue weighted by Crippen LogP contribution is 2.24. The molecular weight excluding hydrogens is 362 g/mol. The van der Waals surface area contributed by atoms with E-state index in [1.165, 1.54) is 11.2 Å². The minimum atomic E-state index is -3.28. The van der Waals surface area contributed by atoms with Crippen LogP contribution in [0, 0.1) is 6.92 Å². The number of rotatable bonds is 2. The summed E-state index contributed by atoms with van der Waals surface area (Å²) in [6.07, 6.45) is 1.19. The smallest absolute Gasteiger partial charge is 0.255 e. The third-order valence-corrected chi connectivity index (χ3v) is 6.41. The first-order valence-corrected chi connectivity index (χ1v) is 10.0. The first-order chi connectivity index (χ1) is 9.30. The molecule has 0 aromatic heterocycles. The minimum Gasteiger partial charge on any atom is -0.320 e. The number of hydrogen-bond acceptors (Lipinski definition) is 4. The Bertz CT molecular complexity index is 631. The molecule has 1 atom stereocenters. The Morgan fingerprint density at radius 2 is 2.15 bits per heavy atom. The van der Waals surface area contributed by atoms with Crippen molar-refractivity contribution in [2.45, 2.75) is 12.3 Å². The third-order valence-electron chi connectivity index (χ3n) is 3.27. The number of aryl methyl sites for hydroxylation is 1. The summed E-state index contributed by atoms with van der Waals surface area (Å²) in [7, 11) is -3.28. The number of benzene rings is 1. The van der Waals surface area contributed by atoms with Gasteiger partial charge in [-0.05, 0) is 24.6 Å². The number of amides is 1. The summed E-state index contributed by atoms with van der Waals surface area (Å²) in [6, 6.07) is 5.47. The van der Waals surface area contributed by atoms with Crippen LogP contribution in [-0.2, 0) is 9.84 Å². The summed E-state index contributed by atoms with van der Waals surface area (Å²) in [6.45, 7) is 2.32. The SMILES string of the molecule is Cc1ccc(Br)cc1C(=O)N1CCSCC1S(C)(=O)=O. The van der Waals surface area contributed by atoms with Crippen molar-refractivity contribution in [2.75, 3.05) is 24.3 Å². The average molecular weight is 378 g/mol. The van der Waals surface area contributed by atoms with Crippen LogP contribution in [0.25, 0.3) is 0 Å². The zero-order valence-corrected chi connectivity index (χ0v) is 14.5. The Labute approximate surface area is 132 Å². The summed E-state index contributed by atoms with van der Waals surface area (Å²) in [5, 5.41) is -0.730. The fraction of sp³-hybridized carbons (Fsp3) is 0.462. The van der Waals surface area contributed by atoms with E-state index < -0.39 is 15.2 Å². The molecule has 1 aliphatic heterocycles. The Kier molecular flexibility index (Phi) is 4.81. The fourth-order valence-corrected chi connectivity index (χ4v) is 5.32. The van der Waals surface area contributed by atoms with Crippen LogP contribution in [0.15, 0.2) is 22.7 Å². The molecule has 1 fully saturated rings. The second kappa shape index (κ2) is 6.07. The minimum absolute atomic E-state index is 0.209. The lowest BCUT2D eigenvalue weighted by atomic mass is 10.1. The van der Waals surface area contributed by atoms with Gasteiger partial charge in [-0.3, -0.25) is 4.79 Å². The quantitative estimate of drug-likeness (QED) is 0.793. The summed E-state index contributed by atoms with van der Waals surface area (Å²) < 4.78 is 24.5. The van der Waals surface area contributed by atoms with Crippen molar-refractivity contribution >= 4 is 43.4 Å². The van der Waals surface area contributed by atoms with E-state index in [4.69, 9.17) is 0 Å². The molecule has 1 aliphatic rings. The first kappa shape index (κ1) is 15.9. The Balaban J connectivity index is 2.37. The summed E-state index contributed by atoms with van der Waals surface area (Å²) in [4.78, 5) is 14.1. The molecule has 0 aliphatic carbocycles. The highest BCUT2D eigenvalue weighted by atomic mass is 79.9. The van der Waals surface area contributed by atoms with Crippen molar-refractivity contribution in [1.29, 1.82) is 0 Å². The molecule has 20 heavy (non-hydrogen) atoms. The lowest BCUT2D eigenvalue weighted by molar-refractivity contribution is 0.0749. The number of carbonyl (C=O) groups excluding carboxylic acids is 1. The second-order valence-corrected chi connectivity index (χ2v) is 9.09. The maximum Gasteiger partial charge on any atom is 0.255 e. The lowest BCUT2D eigenvalue weighted by Crippen LogP contribution is -2.50. The highest BCUT2D eigenvalue weighted by molar-refractivity contribution is 9.10. The molecule has 1 heterocycles. The molecular formula is C13H16BrNO3S2. The van der Waals surface area contributed by atoms with Gasteiger partial charge in [-0.25, -0.2) is 8.42 Å². The number of carbonyl (C=O) groups is 1. The maximum absolute atomic E-state index is 12.7. The summed E-state index contributed by atoms with van der Waals surface area (Å²) in [5.74, 6) is 1.00. The molecule has 0 saturated carbocycles. The van der Waals surface area contributed by atoms with Crippen molar-refractivity contribution in [3.8, 4) is 0 Å². The van der Waals surface area contributed by atoms with E-state index in [0.717, 1.165) is 15.8 Å². The predicted molar refractivity (Wildman–Crippen MR) is 85.9 cm³/mol. The van der Waals surface area contributed by atoms with Crippen LogP contribution < -0.4 is 0 Å². The van der Waals surface area contributed by atoms with Crippen LogP contribution in [-0.4, -0.2) is 48.9 Å². The molecule has 7 heteroatoms. The van der Waals surface area contributed by atoms with E-state index in [1.807, 2.05) is 19.1 Å². The van der Waals surface area contributed by atoms with Gasteiger partial charge in [0.05, 0.1) is 0 Å². The largest absolute Gasteiger partial charge is 0.320 e. The standard InChI is InChI=1S/C13H16BrNO3S2/c1-9-3-4-10(14)7-11(9)13(16)15-5-6-19-8-12(15)20(2,17)18/h3-4,7,12H,5-6,8H2,1-2H3. The van der Waals surface area contributed by atoms with Crippen LogP contribution in [0.5, 0.6) is 0 Å². The van der Waals surface area contributed by atoms with E-state index in [9.17, 15) is 13.2 Å². The molecule has 0 bridgehead atoms. The molecule has 1 unspecified atom stereocenters. The van der Waals surface area contributed by atoms with Gasteiger partial charge in [0.25, 0.3) is 5.91 Å². The zero-order chi connectivity index (χ0) is 14.9. The van der Waals surface area contributed by atoms with Crippen LogP contribution in [0.3, 0.4) is 0 Å². The normalized spacial score (nSPS) is 19.9. The Hall–Kier alpha value is -0.530. The Morgan fingerprint density at radius 1 is 1.45 bits per heavy atom. The molecule has 2 rings (SSSR count). The van der Waals surface area contributed by atoms with Crippen molar-refractivity contribution in [1.82, 2.24) is 4.90 Å². The van der Waals surface area contributed by atoms with Gasteiger partial charge in [0, 0.05) is 34.3 Å². The van der Waals surface area contributed by atoms with E-state index in [0.29, 0.717) is 17.9 Å². The van der Waals surface area contributed by atoms with Crippen LogP contribution >= 0.6 is 27.7 Å². The maximum atomic E-state index is 12.7. The van der Waals surface area contributed by atoms with Gasteiger partial charge in [0.1, 0.15) is 5.37 Å². The number of nitrogens with zero attached hydrogens (tertiary/aromatic N) is 1. The molecule has 0 spiro atoms. The molecule has 1 amide bonds. The molecule has 0 N–H and O–H groups in total. The van der Waals surface area contributed by atoms with Gasteiger partial charge in [0.15, 0.2) is 9.84 Å². The molecule has 1 saturated heterocycles. The molecule has 110 valence electrons. The third kappa shape index (κ3) is 3.38. The molecule has 0 radical (unpaired) electrons. The highest BCUT2D eigenvalue weighted by Gasteiger charge is 2.35. The molecule has 1 aromatic carbocycles. The van der Waals surface area contributed by atoms with Crippen molar-refractivity contribution < 1.29 is 13.2 Å². The van der Waals surface area contributed by atoms with Gasteiger partial charge in [-0.15, -0.1) is 0 Å². The monoisotopic (exact) mass is 377 g/mol. The molecule has 1 aromatic rings. The number of sulfone groups is 1. The van der Waals surface area contributed by atoms with Crippen LogP contribution in [0.1, 0.15) is 15.9 Å². The van der Waals surface area contributed by atoms with E-state index in [2.05, 4.69) is 15.9 Å². The van der Waals surface area contributed by atoms with Gasteiger partial charge in [-0.1, -0.05) is 22.0 Å². The van der Waals surface area contributed by atoms with Gasteiger partial charge < -0.3 is 4.90 Å². The van der Waals surface area contributed by atoms with Crippen LogP contribution in [0.4, 0.5) is 0 Å². The van der Waals surface area contributed by atoms with Gasteiger partial charge in [-0.2, -0.15) is 11.8 Å². The summed E-state index contributed by atoms with van der Waals surface area (Å²) in [5.41, 5.74) is 1.41. The van der Waals surface area contributed by atoms with Crippen molar-refractivity contribution in [2.24, 2.45) is 0 Å². The van der Waals surface area contributed by atoms with Crippen molar-refractivity contribution in [3.63, 3.8) is 0 Å². The zero-order valence-electron chi connectivity index (χ0n) is 11.3. The van der Waals surface area contributed by atoms with E-state index >= 15 is 0 Å². The van der Waals surface area contributed by atoms with E-state index in [-0.39, 0.29) is 5.91 Å². The van der Waals surface area contributed by atoms with Crippen LogP contribution in [0.2, 0.25) is 0 Å². The number of halogens is 1. The fourth-order valence-electron chi connectivity index (χ4n) is 2.15. The average Bonchev–Trinajstić information content (AvgIpc) is 2.40. The predicted octanol–water partition coefficient (Wildman–Crippen LogP) is 2.32. The van der Waals surface area contributed by atoms with Gasteiger partial charge >= 0.3 is 0 Å². The number of hydrogen-bond donors (Lipinski definition) is 0. The van der Waals surface area contributed by atoms with Gasteiger partial charge in [0.2, 0.25) is 0 Å².